The minimum Gasteiger partial charge on any atom is -0.444 e. The molecule has 0 aliphatic rings. The summed E-state index contributed by atoms with van der Waals surface area (Å²) >= 11 is 1.53. The van der Waals surface area contributed by atoms with E-state index in [0.717, 1.165) is 4.88 Å². The lowest BCUT2D eigenvalue weighted by molar-refractivity contribution is 0.151. The van der Waals surface area contributed by atoms with Crippen LogP contribution in [0.5, 0.6) is 0 Å². The average molecular weight is 157 g/mol. The molecule has 3 nitrogen and oxygen atoms in total. The van der Waals surface area contributed by atoms with Gasteiger partial charge < -0.3 is 10.5 Å². The number of carbonyl (C=O) groups is 1. The highest BCUT2D eigenvalue weighted by Gasteiger charge is 1.95. The first kappa shape index (κ1) is 7.08. The number of amides is 1. The Hall–Kier alpha value is -1.03. The van der Waals surface area contributed by atoms with Gasteiger partial charge in [0.05, 0.1) is 0 Å². The van der Waals surface area contributed by atoms with Gasteiger partial charge >= 0.3 is 6.09 Å². The van der Waals surface area contributed by atoms with Gasteiger partial charge in [0.15, 0.2) is 0 Å². The molecule has 0 radical (unpaired) electrons. The molecule has 0 fully saturated rings. The van der Waals surface area contributed by atoms with Crippen LogP contribution in [-0.2, 0) is 11.3 Å². The molecule has 0 saturated carbocycles. The summed E-state index contributed by atoms with van der Waals surface area (Å²) in [5.74, 6) is 0. The molecule has 1 heterocycles. The van der Waals surface area contributed by atoms with Crippen molar-refractivity contribution in [3.8, 4) is 0 Å². The Morgan fingerprint density at radius 2 is 2.60 bits per heavy atom. The first-order valence-electron chi connectivity index (χ1n) is 2.73. The summed E-state index contributed by atoms with van der Waals surface area (Å²) in [5.41, 5.74) is 4.75. The maximum atomic E-state index is 10.1. The van der Waals surface area contributed by atoms with Gasteiger partial charge in [0, 0.05) is 4.88 Å². The zero-order valence-corrected chi connectivity index (χ0v) is 6.06. The number of rotatable bonds is 2. The molecular formula is C6H7NO2S. The van der Waals surface area contributed by atoms with Crippen molar-refractivity contribution in [1.82, 2.24) is 0 Å². The van der Waals surface area contributed by atoms with Crippen molar-refractivity contribution in [3.05, 3.63) is 22.4 Å². The fraction of sp³-hybridized carbons (Fsp3) is 0.167. The third-order valence-corrected chi connectivity index (χ3v) is 1.79. The third kappa shape index (κ3) is 2.06. The van der Waals surface area contributed by atoms with Crippen LogP contribution >= 0.6 is 11.3 Å². The standard InChI is InChI=1S/C6H7NO2S/c7-6(8)9-4-5-2-1-3-10-5/h1-3H,4H2,(H2,7,8). The van der Waals surface area contributed by atoms with Gasteiger partial charge in [-0.3, -0.25) is 0 Å². The van der Waals surface area contributed by atoms with Crippen LogP contribution in [0.25, 0.3) is 0 Å². The van der Waals surface area contributed by atoms with Gasteiger partial charge in [-0.05, 0) is 11.4 Å². The van der Waals surface area contributed by atoms with Crippen LogP contribution in [0.15, 0.2) is 17.5 Å². The molecule has 10 heavy (non-hydrogen) atoms. The van der Waals surface area contributed by atoms with Crippen LogP contribution in [-0.4, -0.2) is 6.09 Å². The Balaban J connectivity index is 2.35. The van der Waals surface area contributed by atoms with Gasteiger partial charge in [-0.2, -0.15) is 0 Å². The topological polar surface area (TPSA) is 52.3 Å². The molecule has 4 heteroatoms. The van der Waals surface area contributed by atoms with Gasteiger partial charge in [0.2, 0.25) is 0 Å². The number of ether oxygens (including phenoxy) is 1. The molecule has 1 rings (SSSR count). The van der Waals surface area contributed by atoms with Gasteiger partial charge in [-0.15, -0.1) is 11.3 Å². The van der Waals surface area contributed by atoms with E-state index in [1.807, 2.05) is 17.5 Å². The van der Waals surface area contributed by atoms with Gasteiger partial charge in [0.25, 0.3) is 0 Å². The first-order valence-corrected chi connectivity index (χ1v) is 3.61. The average Bonchev–Trinajstić information content (AvgIpc) is 2.34. The molecule has 54 valence electrons. The van der Waals surface area contributed by atoms with E-state index < -0.39 is 6.09 Å². The SMILES string of the molecule is NC(=O)OCc1cccs1. The molecule has 0 unspecified atom stereocenters. The van der Waals surface area contributed by atoms with E-state index in [1.165, 1.54) is 11.3 Å². The highest BCUT2D eigenvalue weighted by atomic mass is 32.1. The van der Waals surface area contributed by atoms with E-state index in [0.29, 0.717) is 0 Å². The second-order valence-electron chi connectivity index (χ2n) is 1.69. The number of primary amides is 1. The second-order valence-corrected chi connectivity index (χ2v) is 2.72. The molecule has 0 atom stereocenters. The zero-order chi connectivity index (χ0) is 7.40. The Morgan fingerprint density at radius 1 is 1.80 bits per heavy atom. The molecule has 0 bridgehead atoms. The van der Waals surface area contributed by atoms with Crippen molar-refractivity contribution < 1.29 is 9.53 Å². The quantitative estimate of drug-likeness (QED) is 0.704. The summed E-state index contributed by atoms with van der Waals surface area (Å²) in [6, 6.07) is 3.78. The summed E-state index contributed by atoms with van der Waals surface area (Å²) in [7, 11) is 0. The molecule has 1 amide bonds. The molecule has 2 N–H and O–H groups in total. The highest BCUT2D eigenvalue weighted by molar-refractivity contribution is 7.09. The predicted octanol–water partition coefficient (Wildman–Crippen LogP) is 1.34. The van der Waals surface area contributed by atoms with Crippen LogP contribution in [0, 0.1) is 0 Å². The van der Waals surface area contributed by atoms with E-state index in [1.54, 1.807) is 0 Å². The Kier molecular flexibility index (Phi) is 2.28. The van der Waals surface area contributed by atoms with E-state index in [4.69, 9.17) is 5.73 Å². The highest BCUT2D eigenvalue weighted by Crippen LogP contribution is 2.08. The van der Waals surface area contributed by atoms with Crippen molar-refractivity contribution in [2.45, 2.75) is 6.61 Å². The predicted molar refractivity (Wildman–Crippen MR) is 38.7 cm³/mol. The summed E-state index contributed by atoms with van der Waals surface area (Å²) < 4.78 is 4.54. The Labute approximate surface area is 62.4 Å². The van der Waals surface area contributed by atoms with Crippen molar-refractivity contribution in [2.75, 3.05) is 0 Å². The minimum atomic E-state index is -0.728. The minimum absolute atomic E-state index is 0.285. The first-order chi connectivity index (χ1) is 4.79. The lowest BCUT2D eigenvalue weighted by atomic mass is 10.5. The molecule has 1 aromatic heterocycles. The Bertz CT molecular complexity index is 208. The Morgan fingerprint density at radius 3 is 3.10 bits per heavy atom. The molecular weight excluding hydrogens is 150 g/mol. The maximum Gasteiger partial charge on any atom is 0.404 e. The second kappa shape index (κ2) is 3.22. The maximum absolute atomic E-state index is 10.1. The number of hydrogen-bond acceptors (Lipinski definition) is 3. The molecule has 1 aromatic rings. The van der Waals surface area contributed by atoms with Gasteiger partial charge in [0.1, 0.15) is 6.61 Å². The van der Waals surface area contributed by atoms with E-state index in [2.05, 4.69) is 4.74 Å². The lowest BCUT2D eigenvalue weighted by Crippen LogP contribution is -2.11. The molecule has 0 aromatic carbocycles. The number of hydrogen-bond donors (Lipinski definition) is 1. The normalized spacial score (nSPS) is 9.20. The molecule has 0 aliphatic carbocycles. The fourth-order valence-electron chi connectivity index (χ4n) is 0.537. The van der Waals surface area contributed by atoms with Crippen LogP contribution in [0.1, 0.15) is 4.88 Å². The lowest BCUT2D eigenvalue weighted by Gasteiger charge is -1.95. The van der Waals surface area contributed by atoms with E-state index in [-0.39, 0.29) is 6.61 Å². The van der Waals surface area contributed by atoms with Crippen molar-refractivity contribution in [2.24, 2.45) is 5.73 Å². The van der Waals surface area contributed by atoms with Gasteiger partial charge in [-0.25, -0.2) is 4.79 Å². The zero-order valence-electron chi connectivity index (χ0n) is 5.24. The van der Waals surface area contributed by atoms with Crippen molar-refractivity contribution in [1.29, 1.82) is 0 Å². The van der Waals surface area contributed by atoms with Gasteiger partial charge in [-0.1, -0.05) is 6.07 Å². The van der Waals surface area contributed by atoms with Crippen LogP contribution in [0.2, 0.25) is 0 Å². The summed E-state index contributed by atoms with van der Waals surface area (Å²) in [4.78, 5) is 11.1. The van der Waals surface area contributed by atoms with Crippen molar-refractivity contribution >= 4 is 17.4 Å². The van der Waals surface area contributed by atoms with E-state index in [9.17, 15) is 4.79 Å². The molecule has 0 aliphatic heterocycles. The number of carbonyl (C=O) groups excluding carboxylic acids is 1. The summed E-state index contributed by atoms with van der Waals surface area (Å²) in [5, 5.41) is 1.92. The summed E-state index contributed by atoms with van der Waals surface area (Å²) in [6.07, 6.45) is -0.728. The number of nitrogens with two attached hydrogens (primary N) is 1. The third-order valence-electron chi connectivity index (χ3n) is 0.937. The largest absolute Gasteiger partial charge is 0.444 e. The van der Waals surface area contributed by atoms with Crippen LogP contribution in [0.4, 0.5) is 4.79 Å². The van der Waals surface area contributed by atoms with Crippen molar-refractivity contribution in [3.63, 3.8) is 0 Å². The number of thiophene rings is 1. The van der Waals surface area contributed by atoms with E-state index >= 15 is 0 Å². The smallest absolute Gasteiger partial charge is 0.404 e. The monoisotopic (exact) mass is 157 g/mol. The molecule has 0 saturated heterocycles. The fourth-order valence-corrected chi connectivity index (χ4v) is 1.15. The molecule has 0 spiro atoms. The van der Waals surface area contributed by atoms with Crippen LogP contribution < -0.4 is 5.73 Å². The van der Waals surface area contributed by atoms with Crippen LogP contribution in [0.3, 0.4) is 0 Å². The summed E-state index contributed by atoms with van der Waals surface area (Å²) in [6.45, 7) is 0.285.